The predicted octanol–water partition coefficient (Wildman–Crippen LogP) is 5.10. The van der Waals surface area contributed by atoms with Crippen molar-refractivity contribution in [3.63, 3.8) is 0 Å². The van der Waals surface area contributed by atoms with E-state index < -0.39 is 0 Å². The molecular weight excluding hydrogens is 276 g/mol. The number of hydrogen-bond acceptors (Lipinski definition) is 5. The van der Waals surface area contributed by atoms with Gasteiger partial charge in [-0.1, -0.05) is 47.6 Å². The summed E-state index contributed by atoms with van der Waals surface area (Å²) in [5.41, 5.74) is 7.41. The van der Waals surface area contributed by atoms with Gasteiger partial charge in [-0.2, -0.15) is 4.99 Å². The highest BCUT2D eigenvalue weighted by molar-refractivity contribution is 5.74. The van der Waals surface area contributed by atoms with Crippen LogP contribution in [-0.4, -0.2) is 12.1 Å². The van der Waals surface area contributed by atoms with Gasteiger partial charge < -0.3 is 0 Å². The summed E-state index contributed by atoms with van der Waals surface area (Å²) < 4.78 is 0. The van der Waals surface area contributed by atoms with Gasteiger partial charge in [-0.05, 0) is 28.9 Å². The van der Waals surface area contributed by atoms with Crippen LogP contribution in [0.25, 0.3) is 0 Å². The summed E-state index contributed by atoms with van der Waals surface area (Å²) in [6, 6.07) is 4.06. The number of aliphatic imine (C=N–C) groups is 1. The predicted molar refractivity (Wildman–Crippen MR) is 90.3 cm³/mol. The lowest BCUT2D eigenvalue weighted by Crippen LogP contribution is -2.07. The zero-order chi connectivity index (χ0) is 16.9. The Balaban J connectivity index is 3.88. The van der Waals surface area contributed by atoms with Crippen LogP contribution in [0, 0.1) is 5.41 Å². The number of isocyanates is 1. The van der Waals surface area contributed by atoms with Crippen molar-refractivity contribution >= 4 is 23.5 Å². The number of hydrazone groups is 1. The van der Waals surface area contributed by atoms with Crippen molar-refractivity contribution < 1.29 is 4.79 Å². The van der Waals surface area contributed by atoms with Gasteiger partial charge in [0.1, 0.15) is 6.01 Å². The normalized spacial score (nSPS) is 10.6. The lowest BCUT2D eigenvalue weighted by Gasteiger charge is -2.24. The van der Waals surface area contributed by atoms with Gasteiger partial charge in [0.2, 0.25) is 6.08 Å². The molecule has 0 heterocycles. The van der Waals surface area contributed by atoms with E-state index in [1.54, 1.807) is 6.08 Å². The average molecular weight is 300 g/mol. The van der Waals surface area contributed by atoms with Crippen LogP contribution >= 0.6 is 0 Å². The van der Waals surface area contributed by atoms with E-state index in [0.717, 1.165) is 22.4 Å². The lowest BCUT2D eigenvalue weighted by molar-refractivity contribution is 0.565. The van der Waals surface area contributed by atoms with Crippen LogP contribution in [0.15, 0.2) is 16.2 Å². The molecule has 1 aromatic rings. The molecule has 0 aliphatic rings. The van der Waals surface area contributed by atoms with Crippen molar-refractivity contribution in [2.75, 3.05) is 5.43 Å². The fourth-order valence-corrected chi connectivity index (χ4v) is 2.57. The minimum Gasteiger partial charge on any atom is -0.268 e. The molecule has 0 amide bonds. The summed E-state index contributed by atoms with van der Waals surface area (Å²) in [6.45, 7) is 12.5. The Hall–Kier alpha value is -2.22. The number of hydrogen-bond donors (Lipinski definition) is 2. The maximum atomic E-state index is 10.9. The fraction of sp³-hybridized carbons (Fsp3) is 0.529. The Morgan fingerprint density at radius 1 is 1.05 bits per heavy atom. The maximum Gasteiger partial charge on any atom is 0.240 e. The Morgan fingerprint density at radius 3 is 2.05 bits per heavy atom. The Labute approximate surface area is 132 Å². The molecule has 0 saturated heterocycles. The molecule has 118 valence electrons. The minimum atomic E-state index is 0.145. The average Bonchev–Trinajstić information content (AvgIpc) is 2.43. The second-order valence-corrected chi connectivity index (χ2v) is 6.19. The molecule has 0 radical (unpaired) electrons. The molecule has 0 saturated carbocycles. The number of benzene rings is 1. The first-order valence-electron chi connectivity index (χ1n) is 7.51. The van der Waals surface area contributed by atoms with Crippen molar-refractivity contribution in [1.82, 2.24) is 0 Å². The van der Waals surface area contributed by atoms with Crippen LogP contribution in [-0.2, 0) is 4.79 Å². The van der Waals surface area contributed by atoms with Crippen LogP contribution in [0.3, 0.4) is 0 Å². The zero-order valence-electron chi connectivity index (χ0n) is 14.1. The van der Waals surface area contributed by atoms with Gasteiger partial charge in [0.05, 0.1) is 11.4 Å². The van der Waals surface area contributed by atoms with Crippen molar-refractivity contribution in [2.24, 2.45) is 10.1 Å². The standard InChI is InChI=1S/C17H24N4O/c1-10(2)13-7-14(11(3)4)17(21-20-8-18)15(12(5)6)16(13)19-9-22/h7,10-12,18,21H,1-6H3. The highest BCUT2D eigenvalue weighted by Crippen LogP contribution is 2.43. The van der Waals surface area contributed by atoms with Crippen molar-refractivity contribution in [3.8, 4) is 0 Å². The SMILES string of the molecule is CC(C)c1cc(C(C)C)c(NN=C=N)c(C(C)C)c1N=C=O. The molecule has 5 nitrogen and oxygen atoms in total. The summed E-state index contributed by atoms with van der Waals surface area (Å²) >= 11 is 0. The quantitative estimate of drug-likeness (QED) is 0.435. The molecule has 0 aliphatic heterocycles. The third-order valence-electron chi connectivity index (χ3n) is 3.60. The smallest absolute Gasteiger partial charge is 0.240 e. The van der Waals surface area contributed by atoms with Gasteiger partial charge in [-0.15, -0.1) is 5.10 Å². The van der Waals surface area contributed by atoms with Crippen LogP contribution < -0.4 is 5.43 Å². The van der Waals surface area contributed by atoms with Crippen molar-refractivity contribution in [3.05, 3.63) is 22.8 Å². The minimum absolute atomic E-state index is 0.145. The van der Waals surface area contributed by atoms with Gasteiger partial charge in [-0.3, -0.25) is 5.43 Å². The molecule has 0 fully saturated rings. The third kappa shape index (κ3) is 3.70. The Bertz CT molecular complexity index is 635. The van der Waals surface area contributed by atoms with E-state index in [-0.39, 0.29) is 17.8 Å². The number of rotatable bonds is 6. The molecular formula is C17H24N4O. The van der Waals surface area contributed by atoms with Gasteiger partial charge in [0.25, 0.3) is 0 Å². The summed E-state index contributed by atoms with van der Waals surface area (Å²) in [5, 5.41) is 10.7. The van der Waals surface area contributed by atoms with E-state index >= 15 is 0 Å². The fourth-order valence-electron chi connectivity index (χ4n) is 2.57. The maximum absolute atomic E-state index is 10.9. The molecule has 0 bridgehead atoms. The van der Waals surface area contributed by atoms with Gasteiger partial charge in [-0.25, -0.2) is 10.2 Å². The second-order valence-electron chi connectivity index (χ2n) is 6.19. The summed E-state index contributed by atoms with van der Waals surface area (Å²) in [7, 11) is 0. The summed E-state index contributed by atoms with van der Waals surface area (Å²) in [4.78, 5) is 14.9. The Morgan fingerprint density at radius 2 is 1.64 bits per heavy atom. The molecule has 2 N–H and O–H groups in total. The first-order valence-corrected chi connectivity index (χ1v) is 7.51. The first kappa shape index (κ1) is 17.8. The van der Waals surface area contributed by atoms with E-state index in [1.807, 2.05) is 19.9 Å². The van der Waals surface area contributed by atoms with Gasteiger partial charge in [0, 0.05) is 5.56 Å². The monoisotopic (exact) mass is 300 g/mol. The van der Waals surface area contributed by atoms with Crippen LogP contribution in [0.1, 0.15) is 76.0 Å². The van der Waals surface area contributed by atoms with Gasteiger partial charge >= 0.3 is 0 Å². The van der Waals surface area contributed by atoms with E-state index in [9.17, 15) is 4.79 Å². The first-order chi connectivity index (χ1) is 10.3. The zero-order valence-corrected chi connectivity index (χ0v) is 14.1. The molecule has 0 aromatic heterocycles. The molecule has 1 aromatic carbocycles. The van der Waals surface area contributed by atoms with Crippen LogP contribution in [0.4, 0.5) is 11.4 Å². The molecule has 5 heteroatoms. The topological polar surface area (TPSA) is 77.7 Å². The number of nitrogens with zero attached hydrogens (tertiary/aromatic N) is 2. The van der Waals surface area contributed by atoms with Crippen molar-refractivity contribution in [1.29, 1.82) is 5.41 Å². The lowest BCUT2D eigenvalue weighted by atomic mass is 9.85. The largest absolute Gasteiger partial charge is 0.268 e. The second kappa shape index (κ2) is 7.69. The number of anilines is 1. The Kier molecular flexibility index (Phi) is 6.24. The van der Waals surface area contributed by atoms with E-state index in [4.69, 9.17) is 5.41 Å². The molecule has 0 aliphatic carbocycles. The number of nitrogens with one attached hydrogen (secondary N) is 2. The molecule has 1 rings (SSSR count). The van der Waals surface area contributed by atoms with E-state index in [0.29, 0.717) is 5.69 Å². The molecule has 0 atom stereocenters. The summed E-state index contributed by atoms with van der Waals surface area (Å²) in [5.74, 6) is 0.654. The molecule has 22 heavy (non-hydrogen) atoms. The molecule has 0 spiro atoms. The summed E-state index contributed by atoms with van der Waals surface area (Å²) in [6.07, 6.45) is 1.67. The third-order valence-corrected chi connectivity index (χ3v) is 3.60. The highest BCUT2D eigenvalue weighted by atomic mass is 16.1. The van der Waals surface area contributed by atoms with Crippen LogP contribution in [0.2, 0.25) is 0 Å². The van der Waals surface area contributed by atoms with E-state index in [2.05, 4.69) is 49.3 Å². The number of carbonyl (C=O) groups excluding carboxylic acids is 1. The van der Waals surface area contributed by atoms with Crippen molar-refractivity contribution in [2.45, 2.75) is 59.3 Å². The van der Waals surface area contributed by atoms with E-state index in [1.165, 1.54) is 0 Å². The van der Waals surface area contributed by atoms with Crippen LogP contribution in [0.5, 0.6) is 0 Å². The van der Waals surface area contributed by atoms with Gasteiger partial charge in [0.15, 0.2) is 0 Å². The highest BCUT2D eigenvalue weighted by Gasteiger charge is 2.23. The molecule has 0 unspecified atom stereocenters.